The predicted molar refractivity (Wildman–Crippen MR) is 102 cm³/mol. The zero-order valence-corrected chi connectivity index (χ0v) is 15.9. The number of nitrogens with zero attached hydrogens (tertiary/aromatic N) is 1. The summed E-state index contributed by atoms with van der Waals surface area (Å²) in [4.78, 5) is 16.5. The van der Waals surface area contributed by atoms with Crippen molar-refractivity contribution in [3.63, 3.8) is 0 Å². The molecule has 0 radical (unpaired) electrons. The van der Waals surface area contributed by atoms with Gasteiger partial charge in [0.05, 0.1) is 12.8 Å². The Labute approximate surface area is 155 Å². The van der Waals surface area contributed by atoms with E-state index in [1.807, 2.05) is 6.92 Å². The molecule has 1 amide bonds. The molecule has 1 fully saturated rings. The molecule has 1 aromatic heterocycles. The topological polar surface area (TPSA) is 98.9 Å². The Morgan fingerprint density at radius 3 is 2.77 bits per heavy atom. The smallest absolute Gasteiger partial charge is 0.221 e. The molecular weight excluding hydrogens is 332 g/mol. The molecule has 1 saturated carbocycles. The normalized spacial score (nSPS) is 18.2. The number of amides is 1. The van der Waals surface area contributed by atoms with E-state index in [4.69, 9.17) is 4.42 Å². The molecule has 1 atom stereocenters. The standard InChI is InChI=1S/C19H32N4O3/c1-3-20-18(22-14-19(2,25)16-10-7-13-26-16)21-12-11-17(24)23-15-8-5-4-6-9-15/h7,10,13,15,25H,3-6,8-9,11-12,14H2,1-2H3,(H,23,24)(H2,20,21,22). The Hall–Kier alpha value is -2.02. The van der Waals surface area contributed by atoms with Crippen LogP contribution >= 0.6 is 0 Å². The van der Waals surface area contributed by atoms with E-state index in [-0.39, 0.29) is 12.5 Å². The van der Waals surface area contributed by atoms with Crippen LogP contribution in [-0.4, -0.2) is 42.6 Å². The SMILES string of the molecule is CCNC(=NCC(C)(O)c1ccco1)NCCC(=O)NC1CCCCC1. The molecular formula is C19H32N4O3. The summed E-state index contributed by atoms with van der Waals surface area (Å²) in [6, 6.07) is 3.80. The zero-order valence-electron chi connectivity index (χ0n) is 15.9. The molecule has 7 heteroatoms. The summed E-state index contributed by atoms with van der Waals surface area (Å²) in [5.41, 5.74) is -1.18. The van der Waals surface area contributed by atoms with E-state index in [1.165, 1.54) is 25.5 Å². The Morgan fingerprint density at radius 2 is 2.12 bits per heavy atom. The number of nitrogens with one attached hydrogen (secondary N) is 3. The molecule has 1 heterocycles. The molecule has 1 aromatic rings. The van der Waals surface area contributed by atoms with E-state index in [0.717, 1.165) is 12.8 Å². The molecule has 1 unspecified atom stereocenters. The van der Waals surface area contributed by atoms with Gasteiger partial charge in [-0.3, -0.25) is 4.79 Å². The second-order valence-corrected chi connectivity index (χ2v) is 7.03. The summed E-state index contributed by atoms with van der Waals surface area (Å²) in [6.45, 7) is 4.98. The summed E-state index contributed by atoms with van der Waals surface area (Å²) in [5.74, 6) is 1.12. The van der Waals surface area contributed by atoms with Crippen LogP contribution in [0.3, 0.4) is 0 Å². The molecule has 1 aliphatic carbocycles. The first-order valence-corrected chi connectivity index (χ1v) is 9.59. The average molecular weight is 364 g/mol. The lowest BCUT2D eigenvalue weighted by atomic mass is 9.95. The number of hydrogen-bond donors (Lipinski definition) is 4. The molecule has 0 spiro atoms. The molecule has 2 rings (SSSR count). The maximum atomic E-state index is 12.1. The summed E-state index contributed by atoms with van der Waals surface area (Å²) in [5, 5.41) is 19.8. The fraction of sp³-hybridized carbons (Fsp3) is 0.684. The summed E-state index contributed by atoms with van der Waals surface area (Å²) in [7, 11) is 0. The first-order valence-electron chi connectivity index (χ1n) is 9.59. The minimum Gasteiger partial charge on any atom is -0.466 e. The van der Waals surface area contributed by atoms with Crippen molar-refractivity contribution in [3.05, 3.63) is 24.2 Å². The van der Waals surface area contributed by atoms with Gasteiger partial charge in [0.2, 0.25) is 5.91 Å². The fourth-order valence-corrected chi connectivity index (χ4v) is 3.08. The van der Waals surface area contributed by atoms with E-state index in [0.29, 0.717) is 37.3 Å². The summed E-state index contributed by atoms with van der Waals surface area (Å²) in [6.07, 6.45) is 7.79. The van der Waals surface area contributed by atoms with Gasteiger partial charge in [-0.05, 0) is 38.8 Å². The highest BCUT2D eigenvalue weighted by Crippen LogP contribution is 2.21. The van der Waals surface area contributed by atoms with Gasteiger partial charge in [-0.2, -0.15) is 0 Å². The van der Waals surface area contributed by atoms with Gasteiger partial charge in [0.25, 0.3) is 0 Å². The quantitative estimate of drug-likeness (QED) is 0.417. The Bertz CT molecular complexity index is 563. The van der Waals surface area contributed by atoms with Crippen LogP contribution in [0.5, 0.6) is 0 Å². The zero-order chi connectivity index (χ0) is 18.8. The number of aliphatic hydroxyl groups is 1. The number of furan rings is 1. The number of aliphatic imine (C=N–C) groups is 1. The van der Waals surface area contributed by atoms with Gasteiger partial charge in [0, 0.05) is 25.6 Å². The van der Waals surface area contributed by atoms with Crippen molar-refractivity contribution in [2.75, 3.05) is 19.6 Å². The molecule has 0 aromatic carbocycles. The van der Waals surface area contributed by atoms with E-state index >= 15 is 0 Å². The summed E-state index contributed by atoms with van der Waals surface area (Å²) >= 11 is 0. The first kappa shape index (κ1) is 20.3. The van der Waals surface area contributed by atoms with Crippen LogP contribution in [0.25, 0.3) is 0 Å². The summed E-state index contributed by atoms with van der Waals surface area (Å²) < 4.78 is 5.26. The molecule has 0 aliphatic heterocycles. The van der Waals surface area contributed by atoms with E-state index in [2.05, 4.69) is 20.9 Å². The van der Waals surface area contributed by atoms with Crippen LogP contribution in [0.2, 0.25) is 0 Å². The number of carbonyl (C=O) groups is 1. The molecule has 26 heavy (non-hydrogen) atoms. The minimum atomic E-state index is -1.18. The maximum Gasteiger partial charge on any atom is 0.221 e. The third kappa shape index (κ3) is 6.71. The number of hydrogen-bond acceptors (Lipinski definition) is 4. The van der Waals surface area contributed by atoms with Crippen LogP contribution in [-0.2, 0) is 10.4 Å². The number of carbonyl (C=O) groups excluding carboxylic acids is 1. The number of rotatable bonds is 8. The monoisotopic (exact) mass is 364 g/mol. The van der Waals surface area contributed by atoms with Crippen LogP contribution < -0.4 is 16.0 Å². The van der Waals surface area contributed by atoms with Gasteiger partial charge in [0.15, 0.2) is 5.96 Å². The van der Waals surface area contributed by atoms with Crippen LogP contribution in [0.1, 0.15) is 58.1 Å². The molecule has 0 saturated heterocycles. The van der Waals surface area contributed by atoms with Gasteiger partial charge in [0.1, 0.15) is 11.4 Å². The van der Waals surface area contributed by atoms with Gasteiger partial charge in [-0.25, -0.2) is 4.99 Å². The average Bonchev–Trinajstić information content (AvgIpc) is 3.16. The van der Waals surface area contributed by atoms with Gasteiger partial charge >= 0.3 is 0 Å². The largest absolute Gasteiger partial charge is 0.466 e. The van der Waals surface area contributed by atoms with E-state index < -0.39 is 5.60 Å². The highest BCUT2D eigenvalue weighted by Gasteiger charge is 2.26. The highest BCUT2D eigenvalue weighted by molar-refractivity contribution is 5.81. The van der Waals surface area contributed by atoms with Crippen molar-refractivity contribution >= 4 is 11.9 Å². The Kier molecular flexibility index (Phi) is 7.97. The third-order valence-corrected chi connectivity index (χ3v) is 4.56. The lowest BCUT2D eigenvalue weighted by molar-refractivity contribution is -0.121. The van der Waals surface area contributed by atoms with Crippen molar-refractivity contribution in [1.82, 2.24) is 16.0 Å². The van der Waals surface area contributed by atoms with E-state index in [9.17, 15) is 9.90 Å². The fourth-order valence-electron chi connectivity index (χ4n) is 3.08. The van der Waals surface area contributed by atoms with Gasteiger partial charge in [-0.15, -0.1) is 0 Å². The molecule has 146 valence electrons. The molecule has 1 aliphatic rings. The van der Waals surface area contributed by atoms with Crippen LogP contribution in [0, 0.1) is 0 Å². The minimum absolute atomic E-state index is 0.0721. The Balaban J connectivity index is 1.77. The van der Waals surface area contributed by atoms with Crippen molar-refractivity contribution in [2.45, 2.75) is 64.0 Å². The van der Waals surface area contributed by atoms with E-state index in [1.54, 1.807) is 19.1 Å². The lowest BCUT2D eigenvalue weighted by Gasteiger charge is -2.23. The molecule has 7 nitrogen and oxygen atoms in total. The van der Waals surface area contributed by atoms with Crippen molar-refractivity contribution in [3.8, 4) is 0 Å². The first-order chi connectivity index (χ1) is 12.5. The van der Waals surface area contributed by atoms with Crippen molar-refractivity contribution in [2.24, 2.45) is 4.99 Å². The third-order valence-electron chi connectivity index (χ3n) is 4.56. The second kappa shape index (κ2) is 10.2. The number of guanidine groups is 1. The second-order valence-electron chi connectivity index (χ2n) is 7.03. The molecule has 0 bridgehead atoms. The maximum absolute atomic E-state index is 12.1. The lowest BCUT2D eigenvalue weighted by Crippen LogP contribution is -2.42. The molecule has 4 N–H and O–H groups in total. The Morgan fingerprint density at radius 1 is 1.35 bits per heavy atom. The van der Waals surface area contributed by atoms with Crippen LogP contribution in [0.15, 0.2) is 27.8 Å². The van der Waals surface area contributed by atoms with Crippen molar-refractivity contribution < 1.29 is 14.3 Å². The highest BCUT2D eigenvalue weighted by atomic mass is 16.4. The predicted octanol–water partition coefficient (Wildman–Crippen LogP) is 1.88. The van der Waals surface area contributed by atoms with Crippen LogP contribution in [0.4, 0.5) is 0 Å². The van der Waals surface area contributed by atoms with Gasteiger partial charge in [-0.1, -0.05) is 19.3 Å². The van der Waals surface area contributed by atoms with Crippen molar-refractivity contribution in [1.29, 1.82) is 0 Å². The van der Waals surface area contributed by atoms with Gasteiger partial charge < -0.3 is 25.5 Å².